The molecule has 0 aromatic rings. The average Bonchev–Trinajstić information content (AvgIpc) is 2.09. The molecule has 0 spiro atoms. The second-order valence-electron chi connectivity index (χ2n) is 3.28. The van der Waals surface area contributed by atoms with Crippen LogP contribution in [0.5, 0.6) is 0 Å². The maximum Gasteiger partial charge on any atom is 0.100 e. The van der Waals surface area contributed by atoms with Crippen molar-refractivity contribution in [3.8, 4) is 0 Å². The van der Waals surface area contributed by atoms with Crippen molar-refractivity contribution in [1.29, 1.82) is 0 Å². The van der Waals surface area contributed by atoms with Gasteiger partial charge in [-0.3, -0.25) is 0 Å². The van der Waals surface area contributed by atoms with Crippen LogP contribution in [0.2, 0.25) is 0 Å². The molecule has 0 nitrogen and oxygen atoms in total. The van der Waals surface area contributed by atoms with Crippen LogP contribution in [-0.4, -0.2) is 10.6 Å². The summed E-state index contributed by atoms with van der Waals surface area (Å²) in [6, 6.07) is 0. The second-order valence-corrected chi connectivity index (χ2v) is 4.36. The van der Waals surface area contributed by atoms with E-state index in [1.165, 1.54) is 19.3 Å². The Balaban J connectivity index is 3.02. The highest BCUT2D eigenvalue weighted by Gasteiger charge is 2.04. The fraction of sp³-hybridized carbons (Fsp3) is 1.00. The highest BCUT2D eigenvalue weighted by molar-refractivity contribution is 14.1. The molecule has 2 heteroatoms. The molecule has 0 aliphatic rings. The van der Waals surface area contributed by atoms with Gasteiger partial charge in [0.1, 0.15) is 6.17 Å². The van der Waals surface area contributed by atoms with E-state index in [1.54, 1.807) is 0 Å². The third kappa shape index (κ3) is 8.75. The Labute approximate surface area is 89.5 Å². The van der Waals surface area contributed by atoms with Gasteiger partial charge < -0.3 is 0 Å². The van der Waals surface area contributed by atoms with E-state index in [9.17, 15) is 4.39 Å². The van der Waals surface area contributed by atoms with Crippen molar-refractivity contribution in [2.75, 3.05) is 4.43 Å². The van der Waals surface area contributed by atoms with Gasteiger partial charge in [-0.2, -0.15) is 0 Å². The molecule has 0 saturated heterocycles. The van der Waals surface area contributed by atoms with E-state index in [0.29, 0.717) is 0 Å². The summed E-state index contributed by atoms with van der Waals surface area (Å²) in [5, 5.41) is 0. The summed E-state index contributed by atoms with van der Waals surface area (Å²) in [4.78, 5) is 0. The molecule has 0 bridgehead atoms. The molecule has 0 rings (SSSR count). The molecule has 0 aromatic heterocycles. The smallest absolute Gasteiger partial charge is 0.100 e. The highest BCUT2D eigenvalue weighted by Crippen LogP contribution is 2.13. The summed E-state index contributed by atoms with van der Waals surface area (Å²) in [5.74, 6) is 0. The molecule has 0 N–H and O–H groups in total. The number of hydrogen-bond acceptors (Lipinski definition) is 0. The molecule has 0 fully saturated rings. The average molecular weight is 286 g/mol. The summed E-state index contributed by atoms with van der Waals surface area (Å²) in [7, 11) is 0. The Morgan fingerprint density at radius 2 is 1.75 bits per heavy atom. The zero-order chi connectivity index (χ0) is 9.23. The minimum Gasteiger partial charge on any atom is -0.247 e. The lowest BCUT2D eigenvalue weighted by atomic mass is 10.1. The second kappa shape index (κ2) is 9.75. The molecule has 0 amide bonds. The quantitative estimate of drug-likeness (QED) is 0.350. The van der Waals surface area contributed by atoms with Gasteiger partial charge >= 0.3 is 0 Å². The minimum atomic E-state index is -0.531. The maximum atomic E-state index is 13.0. The molecule has 74 valence electrons. The SMILES string of the molecule is CCCCCCC(F)CCCI. The molecular weight excluding hydrogens is 266 g/mol. The monoisotopic (exact) mass is 286 g/mol. The van der Waals surface area contributed by atoms with Crippen LogP contribution in [-0.2, 0) is 0 Å². The first-order valence-corrected chi connectivity index (χ1v) is 6.53. The van der Waals surface area contributed by atoms with Gasteiger partial charge in [0.2, 0.25) is 0 Å². The summed E-state index contributed by atoms with van der Waals surface area (Å²) >= 11 is 2.31. The van der Waals surface area contributed by atoms with Crippen molar-refractivity contribution in [2.45, 2.75) is 58.0 Å². The van der Waals surface area contributed by atoms with Crippen molar-refractivity contribution in [3.63, 3.8) is 0 Å². The van der Waals surface area contributed by atoms with E-state index in [-0.39, 0.29) is 0 Å². The van der Waals surface area contributed by atoms with Crippen LogP contribution in [0.3, 0.4) is 0 Å². The first kappa shape index (κ1) is 12.7. The van der Waals surface area contributed by atoms with E-state index in [1.807, 2.05) is 0 Å². The summed E-state index contributed by atoms with van der Waals surface area (Å²) in [6.45, 7) is 2.18. The van der Waals surface area contributed by atoms with Crippen LogP contribution in [0.4, 0.5) is 4.39 Å². The Morgan fingerprint density at radius 3 is 2.33 bits per heavy atom. The Hall–Kier alpha value is 0.660. The molecule has 0 aliphatic heterocycles. The molecular formula is C10H20FI. The largest absolute Gasteiger partial charge is 0.247 e. The molecule has 12 heavy (non-hydrogen) atoms. The van der Waals surface area contributed by atoms with Crippen LogP contribution in [0.15, 0.2) is 0 Å². The number of unbranched alkanes of at least 4 members (excludes halogenated alkanes) is 3. The maximum absolute atomic E-state index is 13.0. The van der Waals surface area contributed by atoms with Crippen LogP contribution in [0.25, 0.3) is 0 Å². The lowest BCUT2D eigenvalue weighted by molar-refractivity contribution is 0.286. The van der Waals surface area contributed by atoms with E-state index in [2.05, 4.69) is 29.5 Å². The van der Waals surface area contributed by atoms with Gasteiger partial charge in [-0.15, -0.1) is 0 Å². The minimum absolute atomic E-state index is 0.531. The van der Waals surface area contributed by atoms with Gasteiger partial charge in [-0.1, -0.05) is 55.2 Å². The van der Waals surface area contributed by atoms with Crippen molar-refractivity contribution >= 4 is 22.6 Å². The third-order valence-corrected chi connectivity index (χ3v) is 2.78. The topological polar surface area (TPSA) is 0 Å². The molecule has 1 atom stereocenters. The first-order chi connectivity index (χ1) is 5.81. The molecule has 0 saturated carbocycles. The predicted molar refractivity (Wildman–Crippen MR) is 61.8 cm³/mol. The summed E-state index contributed by atoms with van der Waals surface area (Å²) in [5.41, 5.74) is 0. The molecule has 0 aromatic carbocycles. The van der Waals surface area contributed by atoms with Crippen LogP contribution >= 0.6 is 22.6 Å². The molecule has 1 unspecified atom stereocenters. The van der Waals surface area contributed by atoms with E-state index >= 15 is 0 Å². The van der Waals surface area contributed by atoms with Gasteiger partial charge in [-0.25, -0.2) is 4.39 Å². The zero-order valence-corrected chi connectivity index (χ0v) is 10.1. The number of hydrogen-bond donors (Lipinski definition) is 0. The van der Waals surface area contributed by atoms with Crippen LogP contribution < -0.4 is 0 Å². The normalized spacial score (nSPS) is 13.2. The van der Waals surface area contributed by atoms with Crippen LogP contribution in [0.1, 0.15) is 51.9 Å². The van der Waals surface area contributed by atoms with Crippen molar-refractivity contribution in [1.82, 2.24) is 0 Å². The standard InChI is InChI=1S/C10H20FI/c1-2-3-4-5-7-10(11)8-6-9-12/h10H,2-9H2,1H3. The number of alkyl halides is 2. The molecule has 0 aliphatic carbocycles. The predicted octanol–water partition coefficient (Wildman–Crippen LogP) is 4.51. The molecule has 0 heterocycles. The fourth-order valence-corrected chi connectivity index (χ4v) is 1.68. The Morgan fingerprint density at radius 1 is 1.08 bits per heavy atom. The zero-order valence-electron chi connectivity index (χ0n) is 7.99. The first-order valence-electron chi connectivity index (χ1n) is 5.01. The van der Waals surface area contributed by atoms with Crippen molar-refractivity contribution in [2.24, 2.45) is 0 Å². The summed E-state index contributed by atoms with van der Waals surface area (Å²) < 4.78 is 14.1. The number of rotatable bonds is 8. The van der Waals surface area contributed by atoms with E-state index < -0.39 is 6.17 Å². The molecule has 0 radical (unpaired) electrons. The van der Waals surface area contributed by atoms with Crippen LogP contribution in [0, 0.1) is 0 Å². The van der Waals surface area contributed by atoms with Gasteiger partial charge in [0.05, 0.1) is 0 Å². The van der Waals surface area contributed by atoms with Gasteiger partial charge in [-0.05, 0) is 23.7 Å². The lowest BCUT2D eigenvalue weighted by Crippen LogP contribution is -1.99. The summed E-state index contributed by atoms with van der Waals surface area (Å²) in [6.07, 6.45) is 6.86. The van der Waals surface area contributed by atoms with Gasteiger partial charge in [0.25, 0.3) is 0 Å². The van der Waals surface area contributed by atoms with Gasteiger partial charge in [0.15, 0.2) is 0 Å². The Kier molecular flexibility index (Phi) is 10.3. The van der Waals surface area contributed by atoms with Crippen molar-refractivity contribution in [3.05, 3.63) is 0 Å². The Bertz CT molecular complexity index is 85.9. The van der Waals surface area contributed by atoms with Gasteiger partial charge in [0, 0.05) is 0 Å². The van der Waals surface area contributed by atoms with E-state index in [4.69, 9.17) is 0 Å². The van der Waals surface area contributed by atoms with E-state index in [0.717, 1.165) is 30.1 Å². The van der Waals surface area contributed by atoms with Crippen molar-refractivity contribution < 1.29 is 4.39 Å². The third-order valence-electron chi connectivity index (χ3n) is 2.02. The fourth-order valence-electron chi connectivity index (χ4n) is 1.24. The highest BCUT2D eigenvalue weighted by atomic mass is 127. The number of halogens is 2. The lowest BCUT2D eigenvalue weighted by Gasteiger charge is -2.05.